The molecule has 146 valence electrons. The van der Waals surface area contributed by atoms with E-state index in [1.165, 1.54) is 11.8 Å². The Balaban J connectivity index is 1.96. The van der Waals surface area contributed by atoms with Gasteiger partial charge in [-0.3, -0.25) is 14.3 Å². The molecule has 3 rings (SSSR count). The van der Waals surface area contributed by atoms with E-state index < -0.39 is 0 Å². The fourth-order valence-corrected chi connectivity index (χ4v) is 3.82. The summed E-state index contributed by atoms with van der Waals surface area (Å²) >= 11 is 7.47. The summed E-state index contributed by atoms with van der Waals surface area (Å²) in [6.07, 6.45) is 0. The third-order valence-electron chi connectivity index (χ3n) is 4.60. The van der Waals surface area contributed by atoms with E-state index in [0.717, 1.165) is 11.5 Å². The number of ketones is 1. The van der Waals surface area contributed by atoms with Crippen LogP contribution in [0.15, 0.2) is 59.8 Å². The molecule has 0 aliphatic carbocycles. The monoisotopic (exact) mass is 414 g/mol. The Labute approximate surface area is 174 Å². The highest BCUT2D eigenvalue weighted by molar-refractivity contribution is 8.00. The number of thioether (sulfide) groups is 1. The number of rotatable bonds is 7. The van der Waals surface area contributed by atoms with Crippen LogP contribution in [0.4, 0.5) is 0 Å². The molecule has 0 bridgehead atoms. The van der Waals surface area contributed by atoms with E-state index in [0.29, 0.717) is 15.7 Å². The van der Waals surface area contributed by atoms with Crippen LogP contribution in [-0.4, -0.2) is 44.8 Å². The van der Waals surface area contributed by atoms with Crippen molar-refractivity contribution < 1.29 is 4.79 Å². The van der Waals surface area contributed by atoms with Crippen molar-refractivity contribution in [2.24, 2.45) is 0 Å². The summed E-state index contributed by atoms with van der Waals surface area (Å²) in [6.45, 7) is 3.97. The second kappa shape index (κ2) is 8.90. The minimum Gasteiger partial charge on any atom is -0.300 e. The van der Waals surface area contributed by atoms with E-state index in [-0.39, 0.29) is 17.1 Å². The minimum absolute atomic E-state index is 0.0534. The number of benzene rings is 2. The molecule has 0 aliphatic heterocycles. The summed E-state index contributed by atoms with van der Waals surface area (Å²) in [5, 5.41) is 9.89. The molecule has 0 aliphatic rings. The number of hydrogen-bond acceptors (Lipinski definition) is 5. The number of nitrogens with zero attached hydrogens (tertiary/aromatic N) is 4. The van der Waals surface area contributed by atoms with Gasteiger partial charge in [-0.1, -0.05) is 53.7 Å². The third kappa shape index (κ3) is 4.46. The van der Waals surface area contributed by atoms with Crippen LogP contribution < -0.4 is 0 Å². The van der Waals surface area contributed by atoms with Crippen LogP contribution in [0.25, 0.3) is 5.69 Å². The van der Waals surface area contributed by atoms with Crippen LogP contribution in [-0.2, 0) is 0 Å². The van der Waals surface area contributed by atoms with Gasteiger partial charge < -0.3 is 0 Å². The highest BCUT2D eigenvalue weighted by Crippen LogP contribution is 2.30. The summed E-state index contributed by atoms with van der Waals surface area (Å²) in [4.78, 5) is 14.9. The van der Waals surface area contributed by atoms with Gasteiger partial charge in [0.25, 0.3) is 0 Å². The Morgan fingerprint density at radius 2 is 1.68 bits per heavy atom. The molecule has 0 saturated heterocycles. The van der Waals surface area contributed by atoms with Gasteiger partial charge >= 0.3 is 0 Å². The molecule has 0 saturated carbocycles. The molecule has 0 unspecified atom stereocenters. The average Bonchev–Trinajstić information content (AvgIpc) is 3.11. The highest BCUT2D eigenvalue weighted by Gasteiger charge is 2.24. The molecule has 2 atom stereocenters. The van der Waals surface area contributed by atoms with Crippen molar-refractivity contribution in [1.29, 1.82) is 0 Å². The van der Waals surface area contributed by atoms with E-state index in [4.69, 9.17) is 11.6 Å². The molecule has 3 aromatic rings. The van der Waals surface area contributed by atoms with Gasteiger partial charge in [-0.2, -0.15) is 0 Å². The third-order valence-corrected chi connectivity index (χ3v) is 5.90. The lowest BCUT2D eigenvalue weighted by Crippen LogP contribution is -2.21. The zero-order chi connectivity index (χ0) is 20.3. The molecule has 0 N–H and O–H groups in total. The lowest BCUT2D eigenvalue weighted by molar-refractivity contribution is 0.0994. The van der Waals surface area contributed by atoms with Gasteiger partial charge in [-0.25, -0.2) is 0 Å². The smallest absolute Gasteiger partial charge is 0.196 e. The Bertz CT molecular complexity index is 941. The average molecular weight is 415 g/mol. The van der Waals surface area contributed by atoms with Crippen LogP contribution in [0.1, 0.15) is 36.1 Å². The van der Waals surface area contributed by atoms with Crippen molar-refractivity contribution >= 4 is 29.1 Å². The Morgan fingerprint density at radius 1 is 1.04 bits per heavy atom. The van der Waals surface area contributed by atoms with E-state index in [1.54, 1.807) is 0 Å². The molecular weight excluding hydrogens is 392 g/mol. The number of halogens is 1. The summed E-state index contributed by atoms with van der Waals surface area (Å²) < 4.78 is 2.00. The molecule has 1 heterocycles. The van der Waals surface area contributed by atoms with E-state index in [1.807, 2.05) is 80.2 Å². The lowest BCUT2D eigenvalue weighted by atomic mass is 10.1. The van der Waals surface area contributed by atoms with Crippen LogP contribution in [0, 0.1) is 0 Å². The van der Waals surface area contributed by atoms with Crippen molar-refractivity contribution in [2.75, 3.05) is 14.1 Å². The maximum absolute atomic E-state index is 12.8. The van der Waals surface area contributed by atoms with Crippen molar-refractivity contribution in [3.63, 3.8) is 0 Å². The lowest BCUT2D eigenvalue weighted by Gasteiger charge is -2.21. The van der Waals surface area contributed by atoms with E-state index >= 15 is 0 Å². The highest BCUT2D eigenvalue weighted by atomic mass is 35.5. The van der Waals surface area contributed by atoms with Crippen molar-refractivity contribution in [3.8, 4) is 5.69 Å². The number of carbonyl (C=O) groups excluding carboxylic acids is 1. The Morgan fingerprint density at radius 3 is 2.29 bits per heavy atom. The zero-order valence-corrected chi connectivity index (χ0v) is 17.9. The molecular formula is C21H23ClN4OS. The maximum atomic E-state index is 12.8. The second-order valence-electron chi connectivity index (χ2n) is 6.78. The molecule has 0 radical (unpaired) electrons. The fourth-order valence-electron chi connectivity index (χ4n) is 2.74. The molecule has 28 heavy (non-hydrogen) atoms. The van der Waals surface area contributed by atoms with Gasteiger partial charge in [-0.05, 0) is 52.2 Å². The number of carbonyl (C=O) groups is 1. The van der Waals surface area contributed by atoms with Crippen molar-refractivity contribution in [1.82, 2.24) is 19.7 Å². The standard InChI is InChI=1S/C21H23ClN4OS/c1-14(25(3)4)20-23-24-21(26(20)18-12-10-17(22)11-13-18)28-15(2)19(27)16-8-6-5-7-9-16/h5-15H,1-4H3/t14-,15-/m1/s1. The maximum Gasteiger partial charge on any atom is 0.196 e. The summed E-state index contributed by atoms with van der Waals surface area (Å²) in [5.74, 6) is 0.882. The predicted octanol–water partition coefficient (Wildman–Crippen LogP) is 4.91. The van der Waals surface area contributed by atoms with Crippen LogP contribution in [0.3, 0.4) is 0 Å². The Kier molecular flexibility index (Phi) is 6.54. The van der Waals surface area contributed by atoms with E-state index in [2.05, 4.69) is 22.0 Å². The minimum atomic E-state index is -0.292. The largest absolute Gasteiger partial charge is 0.300 e. The topological polar surface area (TPSA) is 51.0 Å². The normalized spacial score (nSPS) is 13.5. The molecule has 7 heteroatoms. The number of Topliss-reactive ketones (excluding diaryl/α,β-unsaturated/α-hetero) is 1. The van der Waals surface area contributed by atoms with Crippen molar-refractivity contribution in [3.05, 3.63) is 71.0 Å². The summed E-state index contributed by atoms with van der Waals surface area (Å²) in [5.41, 5.74) is 1.61. The first-order chi connectivity index (χ1) is 13.4. The zero-order valence-electron chi connectivity index (χ0n) is 16.3. The van der Waals surface area contributed by atoms with Gasteiger partial charge in [-0.15, -0.1) is 10.2 Å². The first-order valence-corrected chi connectivity index (χ1v) is 10.3. The molecule has 1 aromatic heterocycles. The molecule has 0 spiro atoms. The van der Waals surface area contributed by atoms with Gasteiger partial charge in [0.05, 0.1) is 11.3 Å². The van der Waals surface area contributed by atoms with E-state index in [9.17, 15) is 4.79 Å². The summed E-state index contributed by atoms with van der Waals surface area (Å²) in [7, 11) is 4.00. The molecule has 0 amide bonds. The summed E-state index contributed by atoms with van der Waals surface area (Å²) in [6, 6.07) is 16.9. The van der Waals surface area contributed by atoms with Crippen LogP contribution in [0.5, 0.6) is 0 Å². The van der Waals surface area contributed by atoms with Crippen LogP contribution in [0.2, 0.25) is 5.02 Å². The first kappa shape index (κ1) is 20.6. The quantitative estimate of drug-likeness (QED) is 0.406. The molecule has 0 fully saturated rings. The predicted molar refractivity (Wildman–Crippen MR) is 115 cm³/mol. The van der Waals surface area contributed by atoms with Gasteiger partial charge in [0, 0.05) is 16.3 Å². The van der Waals surface area contributed by atoms with Gasteiger partial charge in [0.2, 0.25) is 0 Å². The van der Waals surface area contributed by atoms with Gasteiger partial charge in [0.1, 0.15) is 0 Å². The Hall–Kier alpha value is -2.15. The first-order valence-electron chi connectivity index (χ1n) is 9.02. The molecule has 2 aromatic carbocycles. The van der Waals surface area contributed by atoms with Gasteiger partial charge in [0.15, 0.2) is 16.8 Å². The van der Waals surface area contributed by atoms with Crippen molar-refractivity contribution in [2.45, 2.75) is 30.3 Å². The second-order valence-corrected chi connectivity index (χ2v) is 8.53. The molecule has 5 nitrogen and oxygen atoms in total. The number of hydrogen-bond donors (Lipinski definition) is 0. The fraction of sp³-hybridized carbons (Fsp3) is 0.286. The SMILES string of the molecule is C[C@H](c1nnc(S[C@H](C)C(=O)c2ccccc2)n1-c1ccc(Cl)cc1)N(C)C. The van der Waals surface area contributed by atoms with Crippen LogP contribution >= 0.6 is 23.4 Å². The number of aromatic nitrogens is 3.